The van der Waals surface area contributed by atoms with Gasteiger partial charge in [-0.15, -0.1) is 0 Å². The molecule has 0 radical (unpaired) electrons. The van der Waals surface area contributed by atoms with Gasteiger partial charge in [0.05, 0.1) is 27.4 Å². The van der Waals surface area contributed by atoms with E-state index in [0.717, 1.165) is 0 Å². The molecule has 0 aliphatic rings. The molecule has 1 heteroatoms. The summed E-state index contributed by atoms with van der Waals surface area (Å²) in [6.07, 6.45) is 0. The molecule has 0 unspecified atom stereocenters. The molecular formula is C46H28O. The highest BCUT2D eigenvalue weighted by Gasteiger charge is 2.18. The van der Waals surface area contributed by atoms with Crippen LogP contribution in [-0.4, -0.2) is 0 Å². The Hall–Kier alpha value is -6.18. The van der Waals surface area contributed by atoms with E-state index in [0.29, 0.717) is 21.5 Å². The van der Waals surface area contributed by atoms with Crippen molar-refractivity contribution >= 4 is 65.0 Å². The molecule has 0 saturated heterocycles. The van der Waals surface area contributed by atoms with Gasteiger partial charge in [-0.25, -0.2) is 0 Å². The van der Waals surface area contributed by atoms with E-state index in [1.807, 2.05) is 0 Å². The van der Waals surface area contributed by atoms with Crippen LogP contribution >= 0.6 is 0 Å². The van der Waals surface area contributed by atoms with Crippen molar-refractivity contribution in [2.75, 3.05) is 0 Å². The molecule has 1 nitrogen and oxygen atoms in total. The molecule has 47 heavy (non-hydrogen) atoms. The fourth-order valence-corrected chi connectivity index (χ4v) is 6.20. The molecule has 0 atom stereocenters. The average molecular weight is 617 g/mol. The zero-order chi connectivity index (χ0) is 48.3. The molecule has 218 valence electrons. The first-order valence-corrected chi connectivity index (χ1v) is 14.6. The third-order valence-electron chi connectivity index (χ3n) is 8.24. The number of hydrogen-bond donors (Lipinski definition) is 0. The standard InChI is InChI=1S/C46H28O/c1-2-10-29(11-3-1)31-18-19-33-27-34(21-20-32(33)26-31)44-37-14-6-8-16-39(37)45(40-17-9-7-15-38(40)44)35-23-25-43-42(28-35)41-24-22-30-12-4-5-13-36(30)46(41)47-43/h1-28H/i1D,2D,3D,4D,5D,10D,11D,12D,13D,18D,19D,20D,21D,22D,23D,24D,25D,26D,27D,28D. The van der Waals surface area contributed by atoms with Crippen LogP contribution in [0, 0.1) is 0 Å². The summed E-state index contributed by atoms with van der Waals surface area (Å²) in [5, 5.41) is -0.252. The SMILES string of the molecule is [2H]c1c([2H])c([2H])c(-c2c([2H])c([2H])c3c([2H])c(-c4c5ccccc5c(-c5c([2H])c([2H])c6oc7c8c([2H])c([2H])c([2H])c([2H])c8c([2H])c([2H])c7c6c5[2H])c5ccccc45)c([2H])c([2H])c3c2[2H])c([2H])c1[2H]. The topological polar surface area (TPSA) is 13.1 Å². The van der Waals surface area contributed by atoms with Gasteiger partial charge in [-0.2, -0.15) is 0 Å². The van der Waals surface area contributed by atoms with Gasteiger partial charge in [-0.3, -0.25) is 0 Å². The number of hydrogen-bond acceptors (Lipinski definition) is 1. The predicted octanol–water partition coefficient (Wildman–Crippen LogP) is 13.2. The maximum atomic E-state index is 9.77. The lowest BCUT2D eigenvalue weighted by Crippen LogP contribution is -1.91. The molecule has 0 saturated carbocycles. The van der Waals surface area contributed by atoms with Gasteiger partial charge in [-0.05, 0) is 101 Å². The predicted molar refractivity (Wildman–Crippen MR) is 200 cm³/mol. The van der Waals surface area contributed by atoms with Crippen molar-refractivity contribution in [1.29, 1.82) is 0 Å². The van der Waals surface area contributed by atoms with E-state index in [1.54, 1.807) is 48.5 Å². The summed E-state index contributed by atoms with van der Waals surface area (Å²) in [6, 6.07) is 0.920. The lowest BCUT2D eigenvalue weighted by atomic mass is 9.85. The van der Waals surface area contributed by atoms with Crippen LogP contribution in [0.15, 0.2) is 174 Å². The maximum Gasteiger partial charge on any atom is 0.143 e. The van der Waals surface area contributed by atoms with Crippen molar-refractivity contribution in [3.63, 3.8) is 0 Å². The summed E-state index contributed by atoms with van der Waals surface area (Å²) in [6.45, 7) is 0. The second kappa shape index (κ2) is 10.2. The van der Waals surface area contributed by atoms with Gasteiger partial charge < -0.3 is 4.42 Å². The highest BCUT2D eigenvalue weighted by atomic mass is 16.3. The molecule has 1 aromatic heterocycles. The summed E-state index contributed by atoms with van der Waals surface area (Å²) >= 11 is 0. The molecule has 1 heterocycles. The average Bonchev–Trinajstić information content (AvgIpc) is 3.72. The zero-order valence-corrected chi connectivity index (χ0v) is 24.0. The molecular weight excluding hydrogens is 569 g/mol. The highest BCUT2D eigenvalue weighted by molar-refractivity contribution is 6.23. The summed E-state index contributed by atoms with van der Waals surface area (Å²) in [5.74, 6) is 0. The van der Waals surface area contributed by atoms with Crippen LogP contribution in [0.1, 0.15) is 27.4 Å². The molecule has 0 aliphatic carbocycles. The Morgan fingerprint density at radius 2 is 0.915 bits per heavy atom. The van der Waals surface area contributed by atoms with Gasteiger partial charge in [0, 0.05) is 16.2 Å². The second-order valence-electron chi connectivity index (χ2n) is 10.9. The summed E-state index contributed by atoms with van der Waals surface area (Å²) in [4.78, 5) is 0. The minimum atomic E-state index is -0.741. The minimum Gasteiger partial charge on any atom is -0.455 e. The molecule has 0 bridgehead atoms. The number of rotatable bonds is 3. The fourth-order valence-electron chi connectivity index (χ4n) is 6.20. The summed E-state index contributed by atoms with van der Waals surface area (Å²) in [7, 11) is 0. The van der Waals surface area contributed by atoms with Crippen molar-refractivity contribution in [2.24, 2.45) is 0 Å². The fraction of sp³-hybridized carbons (Fsp3) is 0. The van der Waals surface area contributed by atoms with Gasteiger partial charge in [-0.1, -0.05) is 139 Å². The van der Waals surface area contributed by atoms with Crippen molar-refractivity contribution in [3.8, 4) is 33.4 Å². The first-order chi connectivity index (χ1) is 31.7. The van der Waals surface area contributed by atoms with Crippen LogP contribution in [0.25, 0.3) is 98.4 Å². The van der Waals surface area contributed by atoms with E-state index in [9.17, 15) is 11.0 Å². The Morgan fingerprint density at radius 3 is 1.62 bits per heavy atom. The Kier molecular flexibility index (Phi) is 2.87. The first-order valence-electron chi connectivity index (χ1n) is 24.6. The Bertz CT molecular complexity index is 3900. The lowest BCUT2D eigenvalue weighted by molar-refractivity contribution is 0.672. The molecule has 0 N–H and O–H groups in total. The largest absolute Gasteiger partial charge is 0.455 e. The molecule has 0 fully saturated rings. The molecule has 10 rings (SSSR count). The molecule has 10 aromatic rings. The quantitative estimate of drug-likeness (QED) is 0.180. The van der Waals surface area contributed by atoms with E-state index in [4.69, 9.17) is 20.9 Å². The number of fused-ring (bicyclic) bond motifs is 8. The minimum absolute atomic E-state index is 0.108. The van der Waals surface area contributed by atoms with E-state index < -0.39 is 137 Å². The van der Waals surface area contributed by atoms with Gasteiger partial charge in [0.2, 0.25) is 0 Å². The van der Waals surface area contributed by atoms with Crippen molar-refractivity contribution in [2.45, 2.75) is 0 Å². The van der Waals surface area contributed by atoms with Crippen LogP contribution in [0.4, 0.5) is 0 Å². The third kappa shape index (κ3) is 4.03. The van der Waals surface area contributed by atoms with Crippen molar-refractivity contribution < 1.29 is 31.8 Å². The molecule has 0 amide bonds. The van der Waals surface area contributed by atoms with Gasteiger partial charge in [0.1, 0.15) is 11.2 Å². The Labute approximate surface area is 300 Å². The van der Waals surface area contributed by atoms with Gasteiger partial charge in [0.25, 0.3) is 0 Å². The monoisotopic (exact) mass is 616 g/mol. The van der Waals surface area contributed by atoms with Crippen LogP contribution in [0.5, 0.6) is 0 Å². The lowest BCUT2D eigenvalue weighted by Gasteiger charge is -2.18. The normalized spacial score (nSPS) is 17.8. The number of benzene rings is 9. The smallest absolute Gasteiger partial charge is 0.143 e. The van der Waals surface area contributed by atoms with E-state index >= 15 is 0 Å². The molecule has 0 aliphatic heterocycles. The number of furan rings is 1. The highest BCUT2D eigenvalue weighted by Crippen LogP contribution is 2.45. The van der Waals surface area contributed by atoms with Crippen molar-refractivity contribution in [3.05, 3.63) is 169 Å². The Balaban J connectivity index is 1.32. The van der Waals surface area contributed by atoms with E-state index in [1.165, 1.54) is 0 Å². The first kappa shape index (κ1) is 13.3. The van der Waals surface area contributed by atoms with E-state index in [-0.39, 0.29) is 60.4 Å². The molecule has 0 spiro atoms. The van der Waals surface area contributed by atoms with Crippen LogP contribution in [0.3, 0.4) is 0 Å². The zero-order valence-electron chi connectivity index (χ0n) is 44.0. The van der Waals surface area contributed by atoms with Crippen molar-refractivity contribution in [1.82, 2.24) is 0 Å². The van der Waals surface area contributed by atoms with E-state index in [2.05, 4.69) is 0 Å². The summed E-state index contributed by atoms with van der Waals surface area (Å²) < 4.78 is 184. The van der Waals surface area contributed by atoms with Crippen LogP contribution < -0.4 is 0 Å². The van der Waals surface area contributed by atoms with Crippen LogP contribution in [-0.2, 0) is 0 Å². The maximum absolute atomic E-state index is 9.77. The third-order valence-corrected chi connectivity index (χ3v) is 8.24. The van der Waals surface area contributed by atoms with Gasteiger partial charge >= 0.3 is 0 Å². The molecule has 9 aromatic carbocycles. The second-order valence-corrected chi connectivity index (χ2v) is 10.9. The Morgan fingerprint density at radius 1 is 0.362 bits per heavy atom. The van der Waals surface area contributed by atoms with Crippen LogP contribution in [0.2, 0.25) is 0 Å². The van der Waals surface area contributed by atoms with Gasteiger partial charge in [0.15, 0.2) is 0 Å². The summed E-state index contributed by atoms with van der Waals surface area (Å²) in [5.41, 5.74) is -1.47.